The van der Waals surface area contributed by atoms with E-state index in [-0.39, 0.29) is 17.7 Å². The molecule has 0 saturated carbocycles. The second-order valence-corrected chi connectivity index (χ2v) is 7.01. The van der Waals surface area contributed by atoms with Gasteiger partial charge in [-0.15, -0.1) is 0 Å². The van der Waals surface area contributed by atoms with Crippen molar-refractivity contribution in [3.05, 3.63) is 48.0 Å². The van der Waals surface area contributed by atoms with Crippen LogP contribution in [0.15, 0.2) is 30.3 Å². The molecule has 1 fully saturated rings. The van der Waals surface area contributed by atoms with E-state index in [1.165, 1.54) is 5.69 Å². The molecular formula is C20H24N5O2. The molecule has 1 atom stereocenters. The molecule has 0 aliphatic carbocycles. The smallest absolute Gasteiger partial charge is 0.272 e. The number of rotatable bonds is 3. The predicted octanol–water partition coefficient (Wildman–Crippen LogP) is 1.27. The van der Waals surface area contributed by atoms with E-state index in [0.717, 1.165) is 25.9 Å². The fourth-order valence-electron chi connectivity index (χ4n) is 3.96. The molecule has 0 spiro atoms. The number of fused-ring (bicyclic) bond motifs is 1. The van der Waals surface area contributed by atoms with Gasteiger partial charge in [0.2, 0.25) is 5.91 Å². The van der Waals surface area contributed by atoms with Gasteiger partial charge in [0.05, 0.1) is 5.92 Å². The number of anilines is 1. The van der Waals surface area contributed by atoms with Gasteiger partial charge in [-0.2, -0.15) is 0 Å². The number of carbonyl (C=O) groups excluding carboxylic acids is 2. The molecule has 4 rings (SSSR count). The first-order valence-electron chi connectivity index (χ1n) is 9.48. The molecule has 1 unspecified atom stereocenters. The number of amides is 2. The molecular weight excluding hydrogens is 342 g/mol. The average molecular weight is 366 g/mol. The Morgan fingerprint density at radius 2 is 1.85 bits per heavy atom. The lowest BCUT2D eigenvalue weighted by Crippen LogP contribution is -2.49. The van der Waals surface area contributed by atoms with Crippen molar-refractivity contribution in [3.8, 4) is 0 Å². The topological polar surface area (TPSA) is 70.5 Å². The average Bonchev–Trinajstić information content (AvgIpc) is 3.17. The van der Waals surface area contributed by atoms with Crippen molar-refractivity contribution < 1.29 is 9.59 Å². The molecule has 141 valence electrons. The molecule has 0 bridgehead atoms. The zero-order valence-corrected chi connectivity index (χ0v) is 15.5. The van der Waals surface area contributed by atoms with E-state index in [9.17, 15) is 9.59 Å². The molecule has 27 heavy (non-hydrogen) atoms. The van der Waals surface area contributed by atoms with Gasteiger partial charge in [0.15, 0.2) is 0 Å². The summed E-state index contributed by atoms with van der Waals surface area (Å²) in [6, 6.07) is 10.3. The number of likely N-dealkylation sites (N-methyl/N-ethyl adjacent to an activating group) is 1. The summed E-state index contributed by atoms with van der Waals surface area (Å²) in [7, 11) is 1.63. The van der Waals surface area contributed by atoms with Crippen LogP contribution in [0.25, 0.3) is 0 Å². The van der Waals surface area contributed by atoms with Crippen LogP contribution in [0, 0.1) is 6.20 Å². The van der Waals surface area contributed by atoms with Gasteiger partial charge >= 0.3 is 0 Å². The maximum atomic E-state index is 13.0. The lowest BCUT2D eigenvalue weighted by molar-refractivity contribution is -0.122. The first-order valence-corrected chi connectivity index (χ1v) is 9.48. The first kappa shape index (κ1) is 17.6. The van der Waals surface area contributed by atoms with E-state index >= 15 is 0 Å². The normalized spacial score (nSPS) is 19.5. The van der Waals surface area contributed by atoms with Crippen LogP contribution >= 0.6 is 0 Å². The number of aromatic nitrogens is 2. The number of para-hydroxylation sites is 1. The summed E-state index contributed by atoms with van der Waals surface area (Å²) in [6.07, 6.45) is 4.51. The van der Waals surface area contributed by atoms with Crippen molar-refractivity contribution in [2.75, 3.05) is 38.1 Å². The maximum Gasteiger partial charge on any atom is 0.272 e. The zero-order chi connectivity index (χ0) is 18.8. The lowest BCUT2D eigenvalue weighted by atomic mass is 9.98. The quantitative estimate of drug-likeness (QED) is 0.888. The van der Waals surface area contributed by atoms with Gasteiger partial charge in [-0.05, 0) is 25.0 Å². The lowest BCUT2D eigenvalue weighted by Gasteiger charge is -2.36. The first-order chi connectivity index (χ1) is 13.2. The zero-order valence-electron chi connectivity index (χ0n) is 15.5. The van der Waals surface area contributed by atoms with Crippen molar-refractivity contribution in [1.29, 1.82) is 0 Å². The third kappa shape index (κ3) is 3.29. The summed E-state index contributed by atoms with van der Waals surface area (Å²) in [5.41, 5.74) is 1.66. The van der Waals surface area contributed by atoms with Crippen LogP contribution in [0.4, 0.5) is 5.69 Å². The Morgan fingerprint density at radius 3 is 2.56 bits per heavy atom. The molecule has 7 nitrogen and oxygen atoms in total. The van der Waals surface area contributed by atoms with Crippen LogP contribution < -0.4 is 10.2 Å². The number of piperazine rings is 1. The number of hydrogen-bond acceptors (Lipinski definition) is 4. The van der Waals surface area contributed by atoms with Crippen molar-refractivity contribution in [1.82, 2.24) is 19.8 Å². The van der Waals surface area contributed by atoms with Crippen molar-refractivity contribution in [2.45, 2.75) is 25.3 Å². The predicted molar refractivity (Wildman–Crippen MR) is 102 cm³/mol. The van der Waals surface area contributed by atoms with Crippen LogP contribution in [0.1, 0.15) is 35.1 Å². The van der Waals surface area contributed by atoms with Gasteiger partial charge in [0.25, 0.3) is 5.91 Å². The Labute approximate surface area is 159 Å². The Bertz CT molecular complexity index is 824. The van der Waals surface area contributed by atoms with E-state index in [1.807, 2.05) is 27.7 Å². The number of benzene rings is 1. The van der Waals surface area contributed by atoms with Gasteiger partial charge in [-0.1, -0.05) is 18.2 Å². The van der Waals surface area contributed by atoms with E-state index < -0.39 is 0 Å². The third-order valence-electron chi connectivity index (χ3n) is 5.46. The fraction of sp³-hybridized carbons (Fsp3) is 0.450. The Hall–Kier alpha value is -2.83. The summed E-state index contributed by atoms with van der Waals surface area (Å²) in [5, 5.41) is 2.69. The number of imidazole rings is 1. The second-order valence-electron chi connectivity index (χ2n) is 7.01. The number of carbonyl (C=O) groups is 2. The van der Waals surface area contributed by atoms with E-state index in [1.54, 1.807) is 7.05 Å². The highest BCUT2D eigenvalue weighted by atomic mass is 16.2. The van der Waals surface area contributed by atoms with Gasteiger partial charge in [-0.3, -0.25) is 9.59 Å². The molecule has 1 aromatic carbocycles. The monoisotopic (exact) mass is 366 g/mol. The molecule has 1 saturated heterocycles. The van der Waals surface area contributed by atoms with Crippen LogP contribution in [0.5, 0.6) is 0 Å². The Morgan fingerprint density at radius 1 is 1.11 bits per heavy atom. The molecule has 2 aliphatic rings. The largest absolute Gasteiger partial charge is 0.368 e. The SMILES string of the molecule is CNC(=O)C1CCCn2c(C(=O)N3CCN(c4ccccc4)CC3)[c]nc21. The standard InChI is InChI=1S/C20H24N5O2/c1-21-19(26)16-8-5-9-25-17(14-22-18(16)25)20(27)24-12-10-23(11-13-24)15-6-3-2-4-7-15/h2-4,6-7,16H,5,8-13H2,1H3,(H,21,26). The van der Waals surface area contributed by atoms with Crippen LogP contribution in [-0.2, 0) is 11.3 Å². The fourth-order valence-corrected chi connectivity index (χ4v) is 3.96. The molecule has 2 aliphatic heterocycles. The van der Waals surface area contributed by atoms with Gasteiger partial charge in [0.1, 0.15) is 17.7 Å². The van der Waals surface area contributed by atoms with Crippen LogP contribution in [-0.4, -0.2) is 59.5 Å². The molecule has 1 aromatic heterocycles. The molecule has 3 heterocycles. The number of nitrogens with zero attached hydrogens (tertiary/aromatic N) is 4. The summed E-state index contributed by atoms with van der Waals surface area (Å²) in [6.45, 7) is 3.65. The summed E-state index contributed by atoms with van der Waals surface area (Å²) in [5.74, 6) is 0.271. The van der Waals surface area contributed by atoms with Crippen molar-refractivity contribution in [2.24, 2.45) is 0 Å². The van der Waals surface area contributed by atoms with Gasteiger partial charge < -0.3 is 19.7 Å². The summed E-state index contributed by atoms with van der Waals surface area (Å²) in [4.78, 5) is 33.6. The minimum Gasteiger partial charge on any atom is -0.368 e. The van der Waals surface area contributed by atoms with E-state index in [0.29, 0.717) is 31.2 Å². The molecule has 7 heteroatoms. The van der Waals surface area contributed by atoms with Gasteiger partial charge in [-0.25, -0.2) is 4.98 Å². The highest BCUT2D eigenvalue weighted by Gasteiger charge is 2.32. The third-order valence-corrected chi connectivity index (χ3v) is 5.46. The van der Waals surface area contributed by atoms with Crippen molar-refractivity contribution in [3.63, 3.8) is 0 Å². The number of hydrogen-bond donors (Lipinski definition) is 1. The van der Waals surface area contributed by atoms with E-state index in [2.05, 4.69) is 33.5 Å². The van der Waals surface area contributed by atoms with E-state index in [4.69, 9.17) is 0 Å². The minimum absolute atomic E-state index is 0.0426. The van der Waals surface area contributed by atoms with Crippen LogP contribution in [0.3, 0.4) is 0 Å². The van der Waals surface area contributed by atoms with Crippen LogP contribution in [0.2, 0.25) is 0 Å². The summed E-state index contributed by atoms with van der Waals surface area (Å²) >= 11 is 0. The Kier molecular flexibility index (Phi) is 4.83. The second kappa shape index (κ2) is 7.42. The molecule has 2 amide bonds. The minimum atomic E-state index is -0.295. The molecule has 1 N–H and O–H groups in total. The maximum absolute atomic E-state index is 13.0. The Balaban J connectivity index is 1.47. The molecule has 1 radical (unpaired) electrons. The van der Waals surface area contributed by atoms with Gasteiger partial charge in [0, 0.05) is 45.5 Å². The summed E-state index contributed by atoms with van der Waals surface area (Å²) < 4.78 is 1.88. The highest BCUT2D eigenvalue weighted by molar-refractivity contribution is 5.93. The number of nitrogens with one attached hydrogen (secondary N) is 1. The van der Waals surface area contributed by atoms with Crippen molar-refractivity contribution >= 4 is 17.5 Å². The molecule has 2 aromatic rings. The highest BCUT2D eigenvalue weighted by Crippen LogP contribution is 2.28.